The molecule has 0 amide bonds. The predicted molar refractivity (Wildman–Crippen MR) is 9.65 cm³/mol. The van der Waals surface area contributed by atoms with Gasteiger partial charge >= 0.3 is 68.1 Å². The van der Waals surface area contributed by atoms with Gasteiger partial charge in [-0.2, -0.15) is 0 Å². The molecule has 0 radical (unpaired) electrons. The Morgan fingerprint density at radius 1 is 1.25 bits per heavy atom. The molecule has 0 spiro atoms. The van der Waals surface area contributed by atoms with Crippen molar-refractivity contribution in [1.82, 2.24) is 0 Å². The Balaban J connectivity index is -0.00000000500. The first-order chi connectivity index (χ1) is 1.00. The Hall–Kier alpha value is 2.03. The maximum Gasteiger partial charge on any atom is 1.00 e. The summed E-state index contributed by atoms with van der Waals surface area (Å²) in [7, 11) is 0. The van der Waals surface area contributed by atoms with Crippen molar-refractivity contribution in [2.45, 2.75) is 0 Å². The van der Waals surface area contributed by atoms with Crippen LogP contribution in [-0.2, 0) is 0 Å². The molecule has 4 heteroatoms. The van der Waals surface area contributed by atoms with Crippen LogP contribution in [0.25, 0.3) is 0 Å². The molecule has 0 N–H and O–H groups in total. The van der Waals surface area contributed by atoms with E-state index in [4.69, 9.17) is 0 Å². The molecule has 0 aromatic rings. The van der Waals surface area contributed by atoms with Gasteiger partial charge in [-0.25, -0.2) is 0 Å². The predicted octanol–water partition coefficient (Wildman–Crippen LogP) is -6.49. The molecule has 20 valence electrons. The molecular formula is H2AlF2K. The number of halogens is 2. The SMILES string of the molecule is [F-].[F][AlH2].[K+]. The van der Waals surface area contributed by atoms with Crippen LogP contribution >= 0.6 is 0 Å². The summed E-state index contributed by atoms with van der Waals surface area (Å²) in [5.41, 5.74) is 0. The van der Waals surface area contributed by atoms with Crippen LogP contribution in [0.2, 0.25) is 0 Å². The van der Waals surface area contributed by atoms with Gasteiger partial charge in [0.05, 0.1) is 0 Å². The van der Waals surface area contributed by atoms with Crippen LogP contribution in [0.1, 0.15) is 0 Å². The summed E-state index contributed by atoms with van der Waals surface area (Å²) in [6.45, 7) is 0. The summed E-state index contributed by atoms with van der Waals surface area (Å²) in [6, 6.07) is 0. The van der Waals surface area contributed by atoms with Gasteiger partial charge in [0, 0.05) is 0 Å². The quantitative estimate of drug-likeness (QED) is 0.269. The Kier molecular flexibility index (Phi) is 82.4. The smallest absolute Gasteiger partial charge is 1.00 e. The third-order valence-corrected chi connectivity index (χ3v) is 0. The molecule has 0 aliphatic heterocycles. The van der Waals surface area contributed by atoms with Crippen molar-refractivity contribution in [1.29, 1.82) is 0 Å². The fourth-order valence-corrected chi connectivity index (χ4v) is 0. The summed E-state index contributed by atoms with van der Waals surface area (Å²) in [5.74, 6) is 0. The summed E-state index contributed by atoms with van der Waals surface area (Å²) < 4.78 is 9.64. The fraction of sp³-hybridized carbons (Fsp3) is 0. The van der Waals surface area contributed by atoms with Crippen molar-refractivity contribution >= 4 is 16.7 Å². The summed E-state index contributed by atoms with van der Waals surface area (Å²) in [5, 5.41) is 0. The molecule has 0 saturated carbocycles. The van der Waals surface area contributed by atoms with Crippen molar-refractivity contribution in [2.75, 3.05) is 0 Å². The Bertz CT molecular complexity index is 6.00. The van der Waals surface area contributed by atoms with Crippen LogP contribution in [0.15, 0.2) is 0 Å². The van der Waals surface area contributed by atoms with Gasteiger partial charge in [-0.3, -0.25) is 0 Å². The van der Waals surface area contributed by atoms with Crippen molar-refractivity contribution < 1.29 is 59.6 Å². The molecule has 0 aliphatic carbocycles. The van der Waals surface area contributed by atoms with E-state index in [0.717, 1.165) is 0 Å². The van der Waals surface area contributed by atoms with Crippen LogP contribution in [-0.4, -0.2) is 16.7 Å². The molecule has 0 aromatic carbocycles. The third kappa shape index (κ3) is 8.98. The number of hydrogen-bond donors (Lipinski definition) is 0. The number of hydrogen-bond acceptors (Lipinski definition) is 0. The minimum Gasteiger partial charge on any atom is -1.00 e. The van der Waals surface area contributed by atoms with Crippen molar-refractivity contribution in [3.8, 4) is 0 Å². The molecule has 4 heavy (non-hydrogen) atoms. The third-order valence-electron chi connectivity index (χ3n) is 0. The average Bonchev–Trinajstić information content (AvgIpc) is 1.00. The molecule has 0 aliphatic rings. The zero-order valence-electron chi connectivity index (χ0n) is 2.76. The first-order valence-electron chi connectivity index (χ1n) is 0.378. The Morgan fingerprint density at radius 3 is 1.25 bits per heavy atom. The normalized spacial score (nSPS) is 1.25. The van der Waals surface area contributed by atoms with Gasteiger partial charge < -0.3 is 8.23 Å². The molecule has 0 atom stereocenters. The first-order valence-corrected chi connectivity index (χ1v) is 1.13. The minimum absolute atomic E-state index is 0. The molecule has 0 aromatic heterocycles. The van der Waals surface area contributed by atoms with E-state index in [0.29, 0.717) is 0 Å². The standard InChI is InChI=1S/Al.2FH.K.2H/h;2*1H;;;/q+1;;;+1;;/p-2. The molecular weight excluding hydrogens is 104 g/mol. The summed E-state index contributed by atoms with van der Waals surface area (Å²) in [4.78, 5) is 0. The van der Waals surface area contributed by atoms with Gasteiger partial charge in [0.25, 0.3) is 0 Å². The van der Waals surface area contributed by atoms with Crippen LogP contribution in [0.5, 0.6) is 0 Å². The monoisotopic (exact) mass is 106 g/mol. The van der Waals surface area contributed by atoms with Crippen LogP contribution in [0, 0.1) is 0 Å². The molecule has 0 bridgehead atoms. The maximum atomic E-state index is 9.64. The van der Waals surface area contributed by atoms with E-state index < -0.39 is 0 Å². The van der Waals surface area contributed by atoms with Crippen LogP contribution < -0.4 is 56.1 Å². The zero-order valence-corrected chi connectivity index (χ0v) is 7.88. The van der Waals surface area contributed by atoms with Gasteiger partial charge in [0.1, 0.15) is 0 Å². The molecule has 0 nitrogen and oxygen atoms in total. The van der Waals surface area contributed by atoms with Gasteiger partial charge in [-0.15, -0.1) is 0 Å². The van der Waals surface area contributed by atoms with E-state index in [9.17, 15) is 3.52 Å². The molecule has 0 fully saturated rings. The van der Waals surface area contributed by atoms with E-state index in [1.807, 2.05) is 0 Å². The van der Waals surface area contributed by atoms with Crippen molar-refractivity contribution in [3.05, 3.63) is 0 Å². The minimum atomic E-state index is -0.194. The second-order valence-corrected chi connectivity index (χ2v) is 0. The van der Waals surface area contributed by atoms with Gasteiger partial charge in [-0.1, -0.05) is 0 Å². The molecule has 0 unspecified atom stereocenters. The molecule has 0 saturated heterocycles. The fourth-order valence-electron chi connectivity index (χ4n) is 0. The van der Waals surface area contributed by atoms with E-state index in [-0.39, 0.29) is 72.8 Å². The zero-order chi connectivity index (χ0) is 2.00. The van der Waals surface area contributed by atoms with Crippen LogP contribution in [0.4, 0.5) is 3.52 Å². The Morgan fingerprint density at radius 2 is 1.25 bits per heavy atom. The average molecular weight is 106 g/mol. The van der Waals surface area contributed by atoms with E-state index in [2.05, 4.69) is 0 Å². The molecule has 0 heterocycles. The number of rotatable bonds is 0. The van der Waals surface area contributed by atoms with Crippen LogP contribution in [0.3, 0.4) is 0 Å². The largest absolute Gasteiger partial charge is 1.00 e. The van der Waals surface area contributed by atoms with E-state index in [1.165, 1.54) is 0 Å². The van der Waals surface area contributed by atoms with Gasteiger partial charge in [0.2, 0.25) is 0 Å². The second kappa shape index (κ2) is 19.8. The van der Waals surface area contributed by atoms with Gasteiger partial charge in [-0.05, 0) is 0 Å². The maximum absolute atomic E-state index is 9.64. The van der Waals surface area contributed by atoms with E-state index in [1.54, 1.807) is 0 Å². The van der Waals surface area contributed by atoms with E-state index >= 15 is 0 Å². The second-order valence-electron chi connectivity index (χ2n) is 0. The topological polar surface area (TPSA) is 0 Å². The first kappa shape index (κ1) is 16.6. The molecule has 0 rings (SSSR count). The van der Waals surface area contributed by atoms with Crippen molar-refractivity contribution in [2.24, 2.45) is 0 Å². The summed E-state index contributed by atoms with van der Waals surface area (Å²) >= 11 is -0.194. The van der Waals surface area contributed by atoms with Gasteiger partial charge in [0.15, 0.2) is 0 Å². The Labute approximate surface area is 74.8 Å². The van der Waals surface area contributed by atoms with Crippen molar-refractivity contribution in [3.63, 3.8) is 0 Å². The summed E-state index contributed by atoms with van der Waals surface area (Å²) in [6.07, 6.45) is 0.